The van der Waals surface area contributed by atoms with Gasteiger partial charge in [0.05, 0.1) is 5.41 Å². The second-order valence-corrected chi connectivity index (χ2v) is 6.11. The number of ether oxygens (including phenoxy) is 2. The molecule has 0 saturated heterocycles. The molecule has 0 aromatic rings. The van der Waals surface area contributed by atoms with Crippen molar-refractivity contribution in [3.8, 4) is 0 Å². The van der Waals surface area contributed by atoms with Gasteiger partial charge in [0, 0.05) is 0 Å². The first kappa shape index (κ1) is 14.0. The highest BCUT2D eigenvalue weighted by Gasteiger charge is 2.39. The minimum Gasteiger partial charge on any atom is -0.459 e. The van der Waals surface area contributed by atoms with Crippen LogP contribution in [0.25, 0.3) is 0 Å². The van der Waals surface area contributed by atoms with E-state index in [9.17, 15) is 9.59 Å². The van der Waals surface area contributed by atoms with Crippen LogP contribution in [-0.4, -0.2) is 23.6 Å². The van der Waals surface area contributed by atoms with Gasteiger partial charge in [0.1, 0.15) is 6.10 Å². The summed E-state index contributed by atoms with van der Waals surface area (Å²) in [5, 5.41) is 0. The molecule has 0 N–H and O–H groups in total. The van der Waals surface area contributed by atoms with E-state index in [1.807, 2.05) is 0 Å². The molecule has 4 nitrogen and oxygen atoms in total. The highest BCUT2D eigenvalue weighted by molar-refractivity contribution is 5.84. The smallest absolute Gasteiger partial charge is 0.350 e. The van der Waals surface area contributed by atoms with E-state index >= 15 is 0 Å². The van der Waals surface area contributed by atoms with Crippen LogP contribution < -0.4 is 0 Å². The minimum atomic E-state index is -1.21. The van der Waals surface area contributed by atoms with Gasteiger partial charge in [-0.2, -0.15) is 0 Å². The average molecular weight is 242 g/mol. The summed E-state index contributed by atoms with van der Waals surface area (Å²) in [6.07, 6.45) is 2.93. The van der Waals surface area contributed by atoms with Gasteiger partial charge >= 0.3 is 11.9 Å². The van der Waals surface area contributed by atoms with Gasteiger partial charge in [0.15, 0.2) is 0 Å². The Morgan fingerprint density at radius 2 is 1.53 bits per heavy atom. The molecule has 0 aromatic carbocycles. The van der Waals surface area contributed by atoms with Crippen LogP contribution in [0.3, 0.4) is 0 Å². The normalized spacial score (nSPS) is 17.2. The van der Waals surface area contributed by atoms with Gasteiger partial charge in [-0.3, -0.25) is 4.79 Å². The molecular weight excluding hydrogens is 220 g/mol. The van der Waals surface area contributed by atoms with E-state index in [0.29, 0.717) is 0 Å². The van der Waals surface area contributed by atoms with Crippen LogP contribution in [0, 0.1) is 5.41 Å². The monoisotopic (exact) mass is 242 g/mol. The lowest BCUT2D eigenvalue weighted by Gasteiger charge is -2.31. The molecule has 0 amide bonds. The Balaban J connectivity index is 2.54. The fraction of sp³-hybridized carbons (Fsp3) is 0.846. The van der Waals surface area contributed by atoms with Crippen LogP contribution in [0.2, 0.25) is 0 Å². The Hall–Kier alpha value is -1.06. The van der Waals surface area contributed by atoms with Gasteiger partial charge < -0.3 is 9.47 Å². The molecule has 0 radical (unpaired) electrons. The largest absolute Gasteiger partial charge is 0.459 e. The third kappa shape index (κ3) is 3.72. The lowest BCUT2D eigenvalue weighted by Crippen LogP contribution is -2.44. The van der Waals surface area contributed by atoms with Crippen molar-refractivity contribution in [1.82, 2.24) is 0 Å². The van der Waals surface area contributed by atoms with Crippen molar-refractivity contribution < 1.29 is 19.1 Å². The quantitative estimate of drug-likeness (QED) is 0.713. The van der Waals surface area contributed by atoms with Crippen LogP contribution in [-0.2, 0) is 19.1 Å². The summed E-state index contributed by atoms with van der Waals surface area (Å²) in [5.74, 6) is -0.854. The van der Waals surface area contributed by atoms with Crippen LogP contribution in [0.15, 0.2) is 0 Å². The number of hydrogen-bond acceptors (Lipinski definition) is 4. The van der Waals surface area contributed by atoms with E-state index in [2.05, 4.69) is 0 Å². The van der Waals surface area contributed by atoms with Crippen LogP contribution in [0.1, 0.15) is 53.9 Å². The van der Waals surface area contributed by atoms with Crippen molar-refractivity contribution in [2.24, 2.45) is 5.41 Å². The molecule has 17 heavy (non-hydrogen) atoms. The van der Waals surface area contributed by atoms with Crippen molar-refractivity contribution in [1.29, 1.82) is 0 Å². The summed E-state index contributed by atoms with van der Waals surface area (Å²) in [5.41, 5.74) is -1.83. The summed E-state index contributed by atoms with van der Waals surface area (Å²) in [6, 6.07) is 0. The minimum absolute atomic E-state index is 0.00936. The summed E-state index contributed by atoms with van der Waals surface area (Å²) in [4.78, 5) is 23.6. The fourth-order valence-electron chi connectivity index (χ4n) is 1.21. The Morgan fingerprint density at radius 3 is 1.88 bits per heavy atom. The lowest BCUT2D eigenvalue weighted by atomic mass is 9.95. The Labute approximate surface area is 103 Å². The maximum atomic E-state index is 11.8. The molecule has 0 heterocycles. The van der Waals surface area contributed by atoms with E-state index in [4.69, 9.17) is 9.47 Å². The molecule has 0 atom stereocenters. The third-order valence-corrected chi connectivity index (χ3v) is 2.78. The Bertz CT molecular complexity index is 308. The van der Waals surface area contributed by atoms with Gasteiger partial charge in [0.2, 0.25) is 5.60 Å². The molecule has 4 heteroatoms. The molecule has 1 aliphatic rings. The summed E-state index contributed by atoms with van der Waals surface area (Å²) in [7, 11) is 0. The zero-order chi connectivity index (χ0) is 13.3. The van der Waals surface area contributed by atoms with Gasteiger partial charge in [-0.15, -0.1) is 0 Å². The van der Waals surface area contributed by atoms with Crippen LogP contribution in [0.5, 0.6) is 0 Å². The third-order valence-electron chi connectivity index (χ3n) is 2.78. The van der Waals surface area contributed by atoms with E-state index in [1.54, 1.807) is 34.6 Å². The number of carbonyl (C=O) groups excluding carboxylic acids is 2. The van der Waals surface area contributed by atoms with E-state index in [0.717, 1.165) is 19.3 Å². The fourth-order valence-corrected chi connectivity index (χ4v) is 1.21. The van der Waals surface area contributed by atoms with Crippen molar-refractivity contribution in [3.05, 3.63) is 0 Å². The molecule has 1 fully saturated rings. The Kier molecular flexibility index (Phi) is 3.84. The highest BCUT2D eigenvalue weighted by atomic mass is 16.6. The maximum absolute atomic E-state index is 11.8. The van der Waals surface area contributed by atoms with E-state index in [1.165, 1.54) is 0 Å². The summed E-state index contributed by atoms with van der Waals surface area (Å²) >= 11 is 0. The van der Waals surface area contributed by atoms with Crippen LogP contribution >= 0.6 is 0 Å². The predicted octanol–water partition coefficient (Wildman–Crippen LogP) is 2.45. The summed E-state index contributed by atoms with van der Waals surface area (Å²) < 4.78 is 10.5. The molecular formula is C13H22O4. The SMILES string of the molecule is CC(C)(C)C(=O)OC(C)(C)C(=O)OC1CCC1. The standard InChI is InChI=1S/C13H22O4/c1-12(2,3)10(14)17-13(4,5)11(15)16-9-7-6-8-9/h9H,6-8H2,1-5H3. The number of carbonyl (C=O) groups is 2. The van der Waals surface area contributed by atoms with Crippen molar-refractivity contribution in [2.75, 3.05) is 0 Å². The zero-order valence-corrected chi connectivity index (χ0v) is 11.3. The molecule has 0 aliphatic heterocycles. The average Bonchev–Trinajstić information content (AvgIpc) is 2.08. The molecule has 0 spiro atoms. The first-order valence-corrected chi connectivity index (χ1v) is 6.07. The molecule has 0 bridgehead atoms. The maximum Gasteiger partial charge on any atom is 0.350 e. The van der Waals surface area contributed by atoms with Gasteiger partial charge in [0.25, 0.3) is 0 Å². The molecule has 98 valence electrons. The van der Waals surface area contributed by atoms with Gasteiger partial charge in [-0.1, -0.05) is 0 Å². The van der Waals surface area contributed by atoms with Gasteiger partial charge in [-0.05, 0) is 53.9 Å². The second kappa shape index (κ2) is 4.67. The zero-order valence-electron chi connectivity index (χ0n) is 11.3. The number of hydrogen-bond donors (Lipinski definition) is 0. The van der Waals surface area contributed by atoms with E-state index < -0.39 is 23.0 Å². The van der Waals surface area contributed by atoms with E-state index in [-0.39, 0.29) is 6.10 Å². The van der Waals surface area contributed by atoms with Crippen molar-refractivity contribution in [2.45, 2.75) is 65.6 Å². The Morgan fingerprint density at radius 1 is 1.00 bits per heavy atom. The first-order chi connectivity index (χ1) is 7.63. The number of rotatable bonds is 3. The molecule has 1 aliphatic carbocycles. The van der Waals surface area contributed by atoms with Crippen LogP contribution in [0.4, 0.5) is 0 Å². The number of esters is 2. The summed E-state index contributed by atoms with van der Waals surface area (Å²) in [6.45, 7) is 8.39. The van der Waals surface area contributed by atoms with Crippen molar-refractivity contribution in [3.63, 3.8) is 0 Å². The lowest BCUT2D eigenvalue weighted by molar-refractivity contribution is -0.189. The topological polar surface area (TPSA) is 52.6 Å². The molecule has 1 rings (SSSR count). The molecule has 0 aromatic heterocycles. The van der Waals surface area contributed by atoms with Crippen molar-refractivity contribution >= 4 is 11.9 Å². The first-order valence-electron chi connectivity index (χ1n) is 6.07. The predicted molar refractivity (Wildman–Crippen MR) is 63.4 cm³/mol. The highest BCUT2D eigenvalue weighted by Crippen LogP contribution is 2.26. The molecule has 1 saturated carbocycles. The second-order valence-electron chi connectivity index (χ2n) is 6.11. The molecule has 0 unspecified atom stereocenters. The van der Waals surface area contributed by atoms with Gasteiger partial charge in [-0.25, -0.2) is 4.79 Å².